The molecule has 0 saturated heterocycles. The Morgan fingerprint density at radius 2 is 2.29 bits per heavy atom. The lowest BCUT2D eigenvalue weighted by molar-refractivity contribution is 0.358. The number of hydrogen-bond acceptors (Lipinski definition) is 2. The Morgan fingerprint density at radius 1 is 1.43 bits per heavy atom. The van der Waals surface area contributed by atoms with E-state index in [9.17, 15) is 0 Å². The van der Waals surface area contributed by atoms with Gasteiger partial charge in [0.2, 0.25) is 0 Å². The zero-order valence-electron chi connectivity index (χ0n) is 8.36. The Morgan fingerprint density at radius 3 is 2.93 bits per heavy atom. The molecule has 3 heteroatoms. The number of nitrogens with zero attached hydrogens (tertiary/aromatic N) is 2. The summed E-state index contributed by atoms with van der Waals surface area (Å²) in [7, 11) is 2.06. The standard InChI is InChI=1S/C11H15ClN2/c1-14(9-5-3-7-12)10-11-6-2-4-8-13-11/h2-6,8H,7,9-10H2,1H3. The van der Waals surface area contributed by atoms with E-state index in [1.165, 1.54) is 0 Å². The number of aromatic nitrogens is 1. The molecule has 0 bridgehead atoms. The van der Waals surface area contributed by atoms with Crippen molar-refractivity contribution >= 4 is 11.6 Å². The summed E-state index contributed by atoms with van der Waals surface area (Å²) in [5.74, 6) is 0.581. The first-order valence-electron chi connectivity index (χ1n) is 4.62. The monoisotopic (exact) mass is 210 g/mol. The molecule has 1 aromatic rings. The second-order valence-electron chi connectivity index (χ2n) is 3.14. The van der Waals surface area contributed by atoms with Crippen LogP contribution in [0.4, 0.5) is 0 Å². The van der Waals surface area contributed by atoms with Crippen molar-refractivity contribution < 1.29 is 0 Å². The quantitative estimate of drug-likeness (QED) is 0.548. The molecule has 1 aromatic heterocycles. The lowest BCUT2D eigenvalue weighted by atomic mass is 10.3. The van der Waals surface area contributed by atoms with E-state index in [2.05, 4.69) is 23.0 Å². The normalized spacial score (nSPS) is 11.4. The second kappa shape index (κ2) is 6.57. The lowest BCUT2D eigenvalue weighted by Crippen LogP contribution is -2.18. The molecule has 0 radical (unpaired) electrons. The molecule has 0 saturated carbocycles. The molecule has 0 aliphatic rings. The SMILES string of the molecule is CN(CC=CCCl)Cc1ccccn1. The van der Waals surface area contributed by atoms with Gasteiger partial charge in [0.05, 0.1) is 5.69 Å². The lowest BCUT2D eigenvalue weighted by Gasteiger charge is -2.13. The molecule has 0 aliphatic heterocycles. The minimum Gasteiger partial charge on any atom is -0.297 e. The topological polar surface area (TPSA) is 16.1 Å². The zero-order valence-corrected chi connectivity index (χ0v) is 9.11. The van der Waals surface area contributed by atoms with Gasteiger partial charge in [-0.2, -0.15) is 0 Å². The van der Waals surface area contributed by atoms with Crippen LogP contribution in [0.5, 0.6) is 0 Å². The first-order valence-corrected chi connectivity index (χ1v) is 5.16. The molecule has 0 aromatic carbocycles. The average molecular weight is 211 g/mol. The summed E-state index contributed by atoms with van der Waals surface area (Å²) in [6.07, 6.45) is 5.84. The predicted molar refractivity (Wildman–Crippen MR) is 60.4 cm³/mol. The van der Waals surface area contributed by atoms with Gasteiger partial charge in [-0.3, -0.25) is 9.88 Å². The Bertz CT molecular complexity index is 272. The predicted octanol–water partition coefficient (Wildman–Crippen LogP) is 2.31. The van der Waals surface area contributed by atoms with Gasteiger partial charge < -0.3 is 0 Å². The fourth-order valence-corrected chi connectivity index (χ4v) is 1.28. The third-order valence-electron chi connectivity index (χ3n) is 1.83. The van der Waals surface area contributed by atoms with Crippen molar-refractivity contribution in [2.45, 2.75) is 6.54 Å². The molecule has 1 heterocycles. The van der Waals surface area contributed by atoms with Crippen molar-refractivity contribution in [3.63, 3.8) is 0 Å². The van der Waals surface area contributed by atoms with Crippen molar-refractivity contribution in [1.29, 1.82) is 0 Å². The number of hydrogen-bond donors (Lipinski definition) is 0. The third-order valence-corrected chi connectivity index (χ3v) is 2.01. The van der Waals surface area contributed by atoms with Crippen LogP contribution < -0.4 is 0 Å². The van der Waals surface area contributed by atoms with Gasteiger partial charge in [-0.1, -0.05) is 18.2 Å². The molecule has 0 N–H and O–H groups in total. The molecular weight excluding hydrogens is 196 g/mol. The van der Waals surface area contributed by atoms with Gasteiger partial charge in [-0.05, 0) is 19.2 Å². The minimum atomic E-state index is 0.581. The maximum Gasteiger partial charge on any atom is 0.0543 e. The summed E-state index contributed by atoms with van der Waals surface area (Å²) < 4.78 is 0. The van der Waals surface area contributed by atoms with Crippen LogP contribution in [0.15, 0.2) is 36.5 Å². The Labute approximate surface area is 90.2 Å². The molecule has 0 atom stereocenters. The van der Waals surface area contributed by atoms with Crippen LogP contribution in [0.2, 0.25) is 0 Å². The van der Waals surface area contributed by atoms with Gasteiger partial charge in [-0.25, -0.2) is 0 Å². The van der Waals surface area contributed by atoms with E-state index in [0.717, 1.165) is 18.8 Å². The highest BCUT2D eigenvalue weighted by Gasteiger charge is 1.97. The average Bonchev–Trinajstić information content (AvgIpc) is 2.20. The first-order chi connectivity index (χ1) is 6.83. The maximum atomic E-state index is 5.53. The number of rotatable bonds is 5. The molecule has 0 aliphatic carbocycles. The Hall–Kier alpha value is -0.860. The molecule has 0 unspecified atom stereocenters. The van der Waals surface area contributed by atoms with E-state index in [1.807, 2.05) is 30.5 Å². The van der Waals surface area contributed by atoms with E-state index < -0.39 is 0 Å². The van der Waals surface area contributed by atoms with E-state index >= 15 is 0 Å². The fraction of sp³-hybridized carbons (Fsp3) is 0.364. The van der Waals surface area contributed by atoms with E-state index in [0.29, 0.717) is 5.88 Å². The molecule has 76 valence electrons. The van der Waals surface area contributed by atoms with Crippen molar-refractivity contribution in [3.8, 4) is 0 Å². The maximum absolute atomic E-state index is 5.53. The first kappa shape index (κ1) is 11.2. The van der Waals surface area contributed by atoms with Gasteiger partial charge >= 0.3 is 0 Å². The van der Waals surface area contributed by atoms with Crippen LogP contribution in [-0.2, 0) is 6.54 Å². The summed E-state index contributed by atoms with van der Waals surface area (Å²) in [4.78, 5) is 6.44. The van der Waals surface area contributed by atoms with Crippen molar-refractivity contribution in [3.05, 3.63) is 42.2 Å². The Balaban J connectivity index is 2.34. The smallest absolute Gasteiger partial charge is 0.0543 e. The molecule has 0 fully saturated rings. The third kappa shape index (κ3) is 4.40. The van der Waals surface area contributed by atoms with Crippen molar-refractivity contribution in [2.75, 3.05) is 19.5 Å². The van der Waals surface area contributed by atoms with Gasteiger partial charge in [0.15, 0.2) is 0 Å². The van der Waals surface area contributed by atoms with Crippen LogP contribution in [0.25, 0.3) is 0 Å². The van der Waals surface area contributed by atoms with Gasteiger partial charge in [0.25, 0.3) is 0 Å². The van der Waals surface area contributed by atoms with Gasteiger partial charge in [0.1, 0.15) is 0 Å². The zero-order chi connectivity index (χ0) is 10.2. The molecule has 0 spiro atoms. The summed E-state index contributed by atoms with van der Waals surface area (Å²) in [6.45, 7) is 1.77. The van der Waals surface area contributed by atoms with Gasteiger partial charge in [0, 0.05) is 25.2 Å². The molecule has 1 rings (SSSR count). The van der Waals surface area contributed by atoms with Crippen LogP contribution in [0.3, 0.4) is 0 Å². The van der Waals surface area contributed by atoms with Gasteiger partial charge in [-0.15, -0.1) is 11.6 Å². The fourth-order valence-electron chi connectivity index (χ4n) is 1.15. The number of allylic oxidation sites excluding steroid dienone is 1. The summed E-state index contributed by atoms with van der Waals surface area (Å²) in [5, 5.41) is 0. The number of pyridine rings is 1. The minimum absolute atomic E-state index is 0.581. The summed E-state index contributed by atoms with van der Waals surface area (Å²) in [5.41, 5.74) is 1.09. The van der Waals surface area contributed by atoms with Crippen molar-refractivity contribution in [2.24, 2.45) is 0 Å². The van der Waals surface area contributed by atoms with Crippen LogP contribution in [-0.4, -0.2) is 29.4 Å². The molecule has 2 nitrogen and oxygen atoms in total. The number of alkyl halides is 1. The largest absolute Gasteiger partial charge is 0.297 e. The van der Waals surface area contributed by atoms with Crippen LogP contribution in [0.1, 0.15) is 5.69 Å². The van der Waals surface area contributed by atoms with E-state index in [1.54, 1.807) is 0 Å². The number of likely N-dealkylation sites (N-methyl/N-ethyl adjacent to an activating group) is 1. The van der Waals surface area contributed by atoms with Crippen LogP contribution >= 0.6 is 11.6 Å². The van der Waals surface area contributed by atoms with Crippen molar-refractivity contribution in [1.82, 2.24) is 9.88 Å². The summed E-state index contributed by atoms with van der Waals surface area (Å²) >= 11 is 5.53. The Kier molecular flexibility index (Phi) is 5.27. The summed E-state index contributed by atoms with van der Waals surface area (Å²) in [6, 6.07) is 5.96. The molecule has 14 heavy (non-hydrogen) atoms. The van der Waals surface area contributed by atoms with Crippen LogP contribution in [0, 0.1) is 0 Å². The molecular formula is C11H15ClN2. The van der Waals surface area contributed by atoms with E-state index in [-0.39, 0.29) is 0 Å². The highest BCUT2D eigenvalue weighted by molar-refractivity contribution is 6.18. The number of halogens is 1. The second-order valence-corrected chi connectivity index (χ2v) is 3.45. The highest BCUT2D eigenvalue weighted by Crippen LogP contribution is 1.98. The van der Waals surface area contributed by atoms with E-state index in [4.69, 9.17) is 11.6 Å². The molecule has 0 amide bonds. The highest BCUT2D eigenvalue weighted by atomic mass is 35.5.